The molecule has 0 radical (unpaired) electrons. The first-order chi connectivity index (χ1) is 20.1. The molecule has 218 valence electrons. The van der Waals surface area contributed by atoms with Crippen LogP contribution in [0.15, 0.2) is 45.7 Å². The number of benzene rings is 1. The average molecular weight is 577 g/mol. The van der Waals surface area contributed by atoms with E-state index in [9.17, 15) is 14.0 Å². The first-order valence-electron chi connectivity index (χ1n) is 13.8. The van der Waals surface area contributed by atoms with Gasteiger partial charge >= 0.3 is 0 Å². The summed E-state index contributed by atoms with van der Waals surface area (Å²) in [6.45, 7) is 8.26. The Bertz CT molecular complexity index is 1640. The molecule has 1 unspecified atom stereocenters. The van der Waals surface area contributed by atoms with Gasteiger partial charge in [0, 0.05) is 34.1 Å². The van der Waals surface area contributed by atoms with Gasteiger partial charge < -0.3 is 15.4 Å². The Labute approximate surface area is 240 Å². The summed E-state index contributed by atoms with van der Waals surface area (Å²) >= 11 is 0. The van der Waals surface area contributed by atoms with Crippen LogP contribution in [0.5, 0.6) is 5.75 Å². The van der Waals surface area contributed by atoms with E-state index in [-0.39, 0.29) is 29.5 Å². The number of amides is 2. The van der Waals surface area contributed by atoms with Gasteiger partial charge in [0.25, 0.3) is 5.91 Å². The highest BCUT2D eigenvalue weighted by molar-refractivity contribution is 6.24. The number of halogens is 2. The van der Waals surface area contributed by atoms with E-state index >= 15 is 4.39 Å². The minimum atomic E-state index is -1.32. The molecular formula is C30H30F2N6O4. The van der Waals surface area contributed by atoms with Crippen molar-refractivity contribution in [3.63, 3.8) is 0 Å². The van der Waals surface area contributed by atoms with E-state index in [0.717, 1.165) is 34.7 Å². The third kappa shape index (κ3) is 4.74. The highest BCUT2D eigenvalue weighted by atomic mass is 19.1. The lowest BCUT2D eigenvalue weighted by Crippen LogP contribution is -2.52. The molecule has 1 aromatic carbocycles. The van der Waals surface area contributed by atoms with Gasteiger partial charge in [0.1, 0.15) is 17.6 Å². The number of nitrogens with one attached hydrogen (secondary N) is 2. The molecule has 1 aliphatic carbocycles. The number of anilines is 1. The summed E-state index contributed by atoms with van der Waals surface area (Å²) in [4.78, 5) is 36.5. The van der Waals surface area contributed by atoms with Gasteiger partial charge in [-0.15, -0.1) is 0 Å². The molecule has 2 aromatic heterocycles. The van der Waals surface area contributed by atoms with Gasteiger partial charge in [0.05, 0.1) is 30.7 Å². The van der Waals surface area contributed by atoms with Crippen LogP contribution in [0, 0.1) is 17.0 Å². The molecule has 2 N–H and O–H groups in total. The first-order valence-corrected chi connectivity index (χ1v) is 13.8. The summed E-state index contributed by atoms with van der Waals surface area (Å²) < 4.78 is 40.7. The molecule has 10 nitrogen and oxygen atoms in total. The number of nitrogens with zero attached hydrogens (tertiary/aromatic N) is 4. The van der Waals surface area contributed by atoms with Crippen LogP contribution in [0.2, 0.25) is 0 Å². The van der Waals surface area contributed by atoms with Crippen molar-refractivity contribution < 1.29 is 27.7 Å². The maximum absolute atomic E-state index is 15.4. The summed E-state index contributed by atoms with van der Waals surface area (Å²) in [7, 11) is 0. The Morgan fingerprint density at radius 3 is 2.48 bits per heavy atom. The number of aromatic nitrogens is 3. The lowest BCUT2D eigenvalue weighted by molar-refractivity contribution is -0.119. The van der Waals surface area contributed by atoms with Crippen LogP contribution in [0.4, 0.5) is 14.5 Å². The van der Waals surface area contributed by atoms with E-state index in [1.165, 1.54) is 6.20 Å². The van der Waals surface area contributed by atoms with Gasteiger partial charge in [-0.25, -0.2) is 13.4 Å². The summed E-state index contributed by atoms with van der Waals surface area (Å²) in [5.74, 6) is -4.15. The third-order valence-electron chi connectivity index (χ3n) is 8.27. The Balaban J connectivity index is 1.36. The number of carbonyl (C=O) groups is 2. The fourth-order valence-electron chi connectivity index (χ4n) is 5.92. The van der Waals surface area contributed by atoms with Crippen molar-refractivity contribution in [1.29, 1.82) is 0 Å². The van der Waals surface area contributed by atoms with Crippen molar-refractivity contribution in [1.82, 2.24) is 20.6 Å². The molecule has 1 saturated carbocycles. The zero-order valence-electron chi connectivity index (χ0n) is 23.6. The van der Waals surface area contributed by atoms with Gasteiger partial charge in [0.15, 0.2) is 17.3 Å². The van der Waals surface area contributed by atoms with Crippen molar-refractivity contribution >= 4 is 28.8 Å². The first kappa shape index (κ1) is 27.7. The molecule has 1 fully saturated rings. The molecule has 4 heterocycles. The van der Waals surface area contributed by atoms with E-state index in [2.05, 4.69) is 30.9 Å². The molecular weight excluding hydrogens is 546 g/mol. The normalized spacial score (nSPS) is 19.3. The van der Waals surface area contributed by atoms with Gasteiger partial charge in [-0.2, -0.15) is 0 Å². The summed E-state index contributed by atoms with van der Waals surface area (Å²) in [5.41, 5.74) is 3.55. The monoisotopic (exact) mass is 576 g/mol. The number of pyridine rings is 1. The molecule has 2 aliphatic heterocycles. The zero-order valence-corrected chi connectivity index (χ0v) is 23.6. The second kappa shape index (κ2) is 10.4. The number of fused-ring (bicyclic) bond motifs is 1. The molecule has 2 atom stereocenters. The van der Waals surface area contributed by atoms with Crippen LogP contribution < -0.4 is 15.4 Å². The lowest BCUT2D eigenvalue weighted by Gasteiger charge is -2.38. The fraction of sp³-hybridized carbons (Fsp3) is 0.400. The predicted octanol–water partition coefficient (Wildman–Crippen LogP) is 4.81. The zero-order chi connectivity index (χ0) is 29.8. The average Bonchev–Trinajstić information content (AvgIpc) is 3.38. The van der Waals surface area contributed by atoms with E-state index in [1.54, 1.807) is 12.1 Å². The molecule has 6 rings (SSSR count). The SMILES string of the molecule is CC1=NCC(C)=C1c1ccc(NC(=O)[C@@H](NC(=O)c2nonc2C(C)C)C2c3c(F)ccc(F)c3OCC23CC3)cn1. The maximum atomic E-state index is 15.4. The predicted molar refractivity (Wildman–Crippen MR) is 149 cm³/mol. The highest BCUT2D eigenvalue weighted by Gasteiger charge is 2.59. The Morgan fingerprint density at radius 2 is 1.83 bits per heavy atom. The van der Waals surface area contributed by atoms with Crippen LogP contribution in [0.25, 0.3) is 5.57 Å². The van der Waals surface area contributed by atoms with Crippen molar-refractivity contribution in [3.8, 4) is 5.75 Å². The standard InChI is InChI=1S/C30H30F2N6O4/c1-14(2)24-26(38-42-37-24)29(40)36-25(23-22-18(31)6-7-19(32)27(22)41-13-30(23)9-10-30)28(39)35-17-5-8-20(34-12-17)21-15(3)11-33-16(21)4/h5-8,12,14,23,25H,9-11,13H2,1-4H3,(H,35,39)(H,36,40)/t23?,25-/m0/s1. The van der Waals surface area contributed by atoms with Gasteiger partial charge in [-0.1, -0.05) is 19.0 Å². The second-order valence-corrected chi connectivity index (χ2v) is 11.5. The Kier molecular flexibility index (Phi) is 6.86. The lowest BCUT2D eigenvalue weighted by atomic mass is 9.75. The number of ether oxygens (including phenoxy) is 1. The van der Waals surface area contributed by atoms with Crippen LogP contribution in [0.1, 0.15) is 79.8 Å². The van der Waals surface area contributed by atoms with Crippen LogP contribution >= 0.6 is 0 Å². The van der Waals surface area contributed by atoms with Gasteiger partial charge in [-0.3, -0.25) is 19.6 Å². The van der Waals surface area contributed by atoms with E-state index in [4.69, 9.17) is 9.37 Å². The van der Waals surface area contributed by atoms with Gasteiger partial charge in [0.2, 0.25) is 5.91 Å². The molecule has 0 saturated heterocycles. The number of hydrogen-bond acceptors (Lipinski definition) is 8. The fourth-order valence-corrected chi connectivity index (χ4v) is 5.92. The molecule has 3 aromatic rings. The number of hydrogen-bond donors (Lipinski definition) is 2. The van der Waals surface area contributed by atoms with Crippen molar-refractivity contribution in [2.75, 3.05) is 18.5 Å². The third-order valence-corrected chi connectivity index (χ3v) is 8.27. The van der Waals surface area contributed by atoms with Crippen LogP contribution in [-0.4, -0.2) is 52.0 Å². The van der Waals surface area contributed by atoms with Crippen LogP contribution in [0.3, 0.4) is 0 Å². The quantitative estimate of drug-likeness (QED) is 0.413. The summed E-state index contributed by atoms with van der Waals surface area (Å²) in [6, 6.07) is 4.16. The number of allylic oxidation sites excluding steroid dienone is 1. The highest BCUT2D eigenvalue weighted by Crippen LogP contribution is 2.62. The smallest absolute Gasteiger partial charge is 0.276 e. The molecule has 0 bridgehead atoms. The Morgan fingerprint density at radius 1 is 1.07 bits per heavy atom. The number of rotatable bonds is 7. The minimum absolute atomic E-state index is 0.0755. The number of carbonyl (C=O) groups excluding carboxylic acids is 2. The minimum Gasteiger partial charge on any atom is -0.489 e. The van der Waals surface area contributed by atoms with Crippen LogP contribution in [-0.2, 0) is 4.79 Å². The molecule has 42 heavy (non-hydrogen) atoms. The van der Waals surface area contributed by atoms with E-state index in [1.807, 2.05) is 27.7 Å². The maximum Gasteiger partial charge on any atom is 0.276 e. The van der Waals surface area contributed by atoms with Crippen molar-refractivity contribution in [2.45, 2.75) is 58.4 Å². The topological polar surface area (TPSA) is 132 Å². The van der Waals surface area contributed by atoms with Crippen molar-refractivity contribution in [2.24, 2.45) is 10.4 Å². The van der Waals surface area contributed by atoms with Gasteiger partial charge in [-0.05, 0) is 61.7 Å². The molecule has 1 spiro atoms. The Hall–Kier alpha value is -4.48. The van der Waals surface area contributed by atoms with Crippen molar-refractivity contribution in [3.05, 3.63) is 70.3 Å². The molecule has 12 heteroatoms. The number of aliphatic imine (C=N–C) groups is 1. The summed E-state index contributed by atoms with van der Waals surface area (Å²) in [5, 5.41) is 13.2. The second-order valence-electron chi connectivity index (χ2n) is 11.5. The molecule has 3 aliphatic rings. The van der Waals surface area contributed by atoms with E-state index in [0.29, 0.717) is 30.8 Å². The molecule has 2 amide bonds. The van der Waals surface area contributed by atoms with E-state index < -0.39 is 40.8 Å². The largest absolute Gasteiger partial charge is 0.489 e. The summed E-state index contributed by atoms with van der Waals surface area (Å²) in [6.07, 6.45) is 2.74.